The highest BCUT2D eigenvalue weighted by atomic mass is 32.2. The van der Waals surface area contributed by atoms with Crippen LogP contribution in [0.15, 0.2) is 33.9 Å². The summed E-state index contributed by atoms with van der Waals surface area (Å²) in [5, 5.41) is 12.9. The maximum Gasteiger partial charge on any atom is 0.321 e. The van der Waals surface area contributed by atoms with Crippen LogP contribution in [0.1, 0.15) is 20.8 Å². The zero-order valence-electron chi connectivity index (χ0n) is 14.2. The molecule has 134 valence electrons. The highest BCUT2D eigenvalue weighted by Gasteiger charge is 2.13. The van der Waals surface area contributed by atoms with Crippen molar-refractivity contribution >= 4 is 23.7 Å². The molecule has 0 radical (unpaired) electrons. The fourth-order valence-electron chi connectivity index (χ4n) is 1.83. The van der Waals surface area contributed by atoms with E-state index in [2.05, 4.69) is 20.8 Å². The van der Waals surface area contributed by atoms with Crippen LogP contribution in [0.25, 0.3) is 11.5 Å². The highest BCUT2D eigenvalue weighted by Crippen LogP contribution is 2.24. The Morgan fingerprint density at radius 3 is 2.60 bits per heavy atom. The van der Waals surface area contributed by atoms with Gasteiger partial charge in [-0.2, -0.15) is 0 Å². The van der Waals surface area contributed by atoms with Gasteiger partial charge in [-0.05, 0) is 45.0 Å². The molecule has 0 unspecified atom stereocenters. The number of rotatable bonds is 7. The summed E-state index contributed by atoms with van der Waals surface area (Å²) in [5.74, 6) is 0.667. The molecule has 1 aromatic carbocycles. The lowest BCUT2D eigenvalue weighted by molar-refractivity contribution is -0.117. The SMILES string of the molecule is CCOc1ccc(-c2nnc(SCC(=O)NC(=O)NC(C)C)o2)cc1. The van der Waals surface area contributed by atoms with Gasteiger partial charge in [0.1, 0.15) is 5.75 Å². The van der Waals surface area contributed by atoms with E-state index in [-0.39, 0.29) is 17.0 Å². The Bertz CT molecular complexity index is 715. The van der Waals surface area contributed by atoms with Gasteiger partial charge in [-0.25, -0.2) is 4.79 Å². The normalized spacial score (nSPS) is 10.6. The Hall–Kier alpha value is -2.55. The van der Waals surface area contributed by atoms with E-state index in [0.717, 1.165) is 23.1 Å². The minimum absolute atomic E-state index is 0.00355. The van der Waals surface area contributed by atoms with Crippen molar-refractivity contribution in [3.63, 3.8) is 0 Å². The number of aromatic nitrogens is 2. The van der Waals surface area contributed by atoms with Crippen molar-refractivity contribution in [3.8, 4) is 17.2 Å². The molecule has 9 heteroatoms. The number of imide groups is 1. The number of benzene rings is 1. The van der Waals surface area contributed by atoms with Gasteiger partial charge in [0.05, 0.1) is 12.4 Å². The third-order valence-electron chi connectivity index (χ3n) is 2.82. The van der Waals surface area contributed by atoms with Gasteiger partial charge in [0.25, 0.3) is 5.22 Å². The van der Waals surface area contributed by atoms with Crippen LogP contribution in [0, 0.1) is 0 Å². The summed E-state index contributed by atoms with van der Waals surface area (Å²) in [6.07, 6.45) is 0. The summed E-state index contributed by atoms with van der Waals surface area (Å²) in [7, 11) is 0. The van der Waals surface area contributed by atoms with Crippen molar-refractivity contribution < 1.29 is 18.7 Å². The molecule has 2 N–H and O–H groups in total. The summed E-state index contributed by atoms with van der Waals surface area (Å²) >= 11 is 1.06. The summed E-state index contributed by atoms with van der Waals surface area (Å²) in [6, 6.07) is 6.69. The van der Waals surface area contributed by atoms with E-state index in [9.17, 15) is 9.59 Å². The van der Waals surface area contributed by atoms with Gasteiger partial charge >= 0.3 is 6.03 Å². The fraction of sp³-hybridized carbons (Fsp3) is 0.375. The number of hydrogen-bond acceptors (Lipinski definition) is 7. The van der Waals surface area contributed by atoms with Crippen LogP contribution >= 0.6 is 11.8 Å². The molecule has 8 nitrogen and oxygen atoms in total. The molecule has 0 atom stereocenters. The molecule has 0 aliphatic rings. The minimum atomic E-state index is -0.527. The molecule has 0 bridgehead atoms. The first-order valence-corrected chi connectivity index (χ1v) is 8.76. The molecule has 1 aromatic heterocycles. The van der Waals surface area contributed by atoms with Gasteiger partial charge < -0.3 is 14.5 Å². The van der Waals surface area contributed by atoms with Crippen molar-refractivity contribution in [1.29, 1.82) is 0 Å². The molecule has 0 aliphatic heterocycles. The van der Waals surface area contributed by atoms with Crippen molar-refractivity contribution in [2.24, 2.45) is 0 Å². The average molecular weight is 364 g/mol. The van der Waals surface area contributed by atoms with E-state index in [4.69, 9.17) is 9.15 Å². The third-order valence-corrected chi connectivity index (χ3v) is 3.64. The lowest BCUT2D eigenvalue weighted by Crippen LogP contribution is -2.43. The number of carbonyl (C=O) groups is 2. The molecule has 25 heavy (non-hydrogen) atoms. The number of amides is 3. The zero-order chi connectivity index (χ0) is 18.2. The van der Waals surface area contributed by atoms with Crippen LogP contribution < -0.4 is 15.4 Å². The molecule has 2 aromatic rings. The van der Waals surface area contributed by atoms with Crippen LogP contribution in [0.3, 0.4) is 0 Å². The number of ether oxygens (including phenoxy) is 1. The number of urea groups is 1. The summed E-state index contributed by atoms with van der Waals surface area (Å²) in [4.78, 5) is 23.1. The number of carbonyl (C=O) groups excluding carboxylic acids is 2. The lowest BCUT2D eigenvalue weighted by Gasteiger charge is -2.08. The molecule has 0 aliphatic carbocycles. The number of hydrogen-bond donors (Lipinski definition) is 2. The van der Waals surface area contributed by atoms with Crippen molar-refractivity contribution in [3.05, 3.63) is 24.3 Å². The molecule has 3 amide bonds. The predicted octanol–water partition coefficient (Wildman–Crippen LogP) is 2.46. The van der Waals surface area contributed by atoms with E-state index < -0.39 is 11.9 Å². The standard InChI is InChI=1S/C16H20N4O4S/c1-4-23-12-7-5-11(6-8-12)14-19-20-16(24-14)25-9-13(21)18-15(22)17-10(2)3/h5-8,10H,4,9H2,1-3H3,(H2,17,18,21,22). The number of nitrogens with one attached hydrogen (secondary N) is 2. The van der Waals surface area contributed by atoms with E-state index in [1.807, 2.05) is 31.2 Å². The molecule has 2 rings (SSSR count). The minimum Gasteiger partial charge on any atom is -0.494 e. The highest BCUT2D eigenvalue weighted by molar-refractivity contribution is 7.99. The molecular formula is C16H20N4O4S. The Kier molecular flexibility index (Phi) is 6.81. The molecule has 0 spiro atoms. The van der Waals surface area contributed by atoms with Gasteiger partial charge in [-0.3, -0.25) is 10.1 Å². The molecule has 0 saturated carbocycles. The second kappa shape index (κ2) is 9.07. The average Bonchev–Trinajstić information content (AvgIpc) is 3.02. The Labute approximate surface area is 149 Å². The predicted molar refractivity (Wildman–Crippen MR) is 93.4 cm³/mol. The van der Waals surface area contributed by atoms with Crippen LogP contribution in [0.4, 0.5) is 4.79 Å². The number of thioether (sulfide) groups is 1. The maximum atomic E-state index is 11.7. The zero-order valence-corrected chi connectivity index (χ0v) is 15.1. The van der Waals surface area contributed by atoms with Crippen LogP contribution in [0.5, 0.6) is 5.75 Å². The smallest absolute Gasteiger partial charge is 0.321 e. The molecular weight excluding hydrogens is 344 g/mol. The van der Waals surface area contributed by atoms with Crippen molar-refractivity contribution in [1.82, 2.24) is 20.8 Å². The topological polar surface area (TPSA) is 106 Å². The first-order chi connectivity index (χ1) is 12.0. The molecule has 0 fully saturated rings. The largest absolute Gasteiger partial charge is 0.494 e. The lowest BCUT2D eigenvalue weighted by atomic mass is 10.2. The Morgan fingerprint density at radius 2 is 1.96 bits per heavy atom. The second-order valence-electron chi connectivity index (χ2n) is 5.30. The first-order valence-electron chi connectivity index (χ1n) is 7.77. The third kappa shape index (κ3) is 6.11. The summed E-state index contributed by atoms with van der Waals surface area (Å²) < 4.78 is 10.9. The van der Waals surface area contributed by atoms with E-state index in [0.29, 0.717) is 12.5 Å². The monoisotopic (exact) mass is 364 g/mol. The van der Waals surface area contributed by atoms with Crippen LogP contribution in [0.2, 0.25) is 0 Å². The summed E-state index contributed by atoms with van der Waals surface area (Å²) in [6.45, 7) is 6.12. The maximum absolute atomic E-state index is 11.7. The Morgan fingerprint density at radius 1 is 1.24 bits per heavy atom. The second-order valence-corrected chi connectivity index (χ2v) is 6.22. The fourth-order valence-corrected chi connectivity index (χ4v) is 2.40. The van der Waals surface area contributed by atoms with Crippen molar-refractivity contribution in [2.45, 2.75) is 32.0 Å². The van der Waals surface area contributed by atoms with Gasteiger partial charge in [-0.1, -0.05) is 11.8 Å². The van der Waals surface area contributed by atoms with E-state index in [1.54, 1.807) is 13.8 Å². The van der Waals surface area contributed by atoms with Gasteiger partial charge in [0, 0.05) is 11.6 Å². The van der Waals surface area contributed by atoms with Crippen molar-refractivity contribution in [2.75, 3.05) is 12.4 Å². The Balaban J connectivity index is 1.86. The van der Waals surface area contributed by atoms with E-state index >= 15 is 0 Å². The quantitative estimate of drug-likeness (QED) is 0.727. The van der Waals surface area contributed by atoms with Gasteiger partial charge in [0.2, 0.25) is 11.8 Å². The number of nitrogens with zero attached hydrogens (tertiary/aromatic N) is 2. The van der Waals surface area contributed by atoms with E-state index in [1.165, 1.54) is 0 Å². The first kappa shape index (κ1) is 18.8. The van der Waals surface area contributed by atoms with Crippen LogP contribution in [-0.2, 0) is 4.79 Å². The molecule has 1 heterocycles. The van der Waals surface area contributed by atoms with Crippen LogP contribution in [-0.4, -0.2) is 40.5 Å². The molecule has 0 saturated heterocycles. The van der Waals surface area contributed by atoms with Gasteiger partial charge in [-0.15, -0.1) is 10.2 Å². The summed E-state index contributed by atoms with van der Waals surface area (Å²) in [5.41, 5.74) is 0.753. The van der Waals surface area contributed by atoms with Gasteiger partial charge in [0.15, 0.2) is 0 Å².